The molecule has 5 heteroatoms. The Balaban J connectivity index is 2.89. The van der Waals surface area contributed by atoms with Crippen molar-refractivity contribution in [1.82, 2.24) is 0 Å². The van der Waals surface area contributed by atoms with Crippen LogP contribution in [0.1, 0.15) is 20.8 Å². The Morgan fingerprint density at radius 1 is 1.33 bits per heavy atom. The highest BCUT2D eigenvalue weighted by atomic mass is 19.2. The van der Waals surface area contributed by atoms with Crippen LogP contribution in [0, 0.1) is 17.6 Å². The summed E-state index contributed by atoms with van der Waals surface area (Å²) in [6.45, 7) is 6.83. The molecule has 0 aliphatic carbocycles. The van der Waals surface area contributed by atoms with Crippen LogP contribution in [0.5, 0.6) is 0 Å². The molecule has 0 spiro atoms. The van der Waals surface area contributed by atoms with E-state index < -0.39 is 11.6 Å². The third kappa shape index (κ3) is 3.57. The normalized spacial score (nSPS) is 12.8. The molecule has 102 valence electrons. The monoisotopic (exact) mass is 258 g/mol. The van der Waals surface area contributed by atoms with Crippen LogP contribution in [-0.4, -0.2) is 19.3 Å². The zero-order chi connectivity index (χ0) is 13.7. The van der Waals surface area contributed by atoms with E-state index in [1.165, 1.54) is 6.07 Å². The number of halogens is 2. The number of hydrogen-bond acceptors (Lipinski definition) is 3. The van der Waals surface area contributed by atoms with E-state index in [2.05, 4.69) is 5.32 Å². The molecule has 0 heterocycles. The minimum absolute atomic E-state index is 0.00778. The van der Waals surface area contributed by atoms with Crippen molar-refractivity contribution in [2.24, 2.45) is 5.92 Å². The average Bonchev–Trinajstić information content (AvgIpc) is 2.33. The minimum Gasteiger partial charge on any atom is -0.397 e. The minimum atomic E-state index is -0.947. The van der Waals surface area contributed by atoms with Crippen molar-refractivity contribution in [3.63, 3.8) is 0 Å². The van der Waals surface area contributed by atoms with Gasteiger partial charge in [-0.15, -0.1) is 0 Å². The summed E-state index contributed by atoms with van der Waals surface area (Å²) in [6.07, 6.45) is 0. The van der Waals surface area contributed by atoms with Crippen molar-refractivity contribution in [1.29, 1.82) is 0 Å². The first kappa shape index (κ1) is 14.7. The van der Waals surface area contributed by atoms with E-state index in [0.717, 1.165) is 6.07 Å². The highest BCUT2D eigenvalue weighted by Crippen LogP contribution is 2.26. The van der Waals surface area contributed by atoms with E-state index in [1.807, 2.05) is 20.8 Å². The zero-order valence-corrected chi connectivity index (χ0v) is 11.0. The van der Waals surface area contributed by atoms with Gasteiger partial charge in [0, 0.05) is 6.61 Å². The van der Waals surface area contributed by atoms with Gasteiger partial charge in [-0.2, -0.15) is 0 Å². The molecule has 0 amide bonds. The predicted molar refractivity (Wildman–Crippen MR) is 69.5 cm³/mol. The lowest BCUT2D eigenvalue weighted by Gasteiger charge is -2.24. The highest BCUT2D eigenvalue weighted by molar-refractivity contribution is 5.67. The first-order valence-electron chi connectivity index (χ1n) is 6.05. The molecule has 1 aromatic rings. The summed E-state index contributed by atoms with van der Waals surface area (Å²) in [7, 11) is 0. The number of benzene rings is 1. The second-order valence-corrected chi connectivity index (χ2v) is 4.48. The van der Waals surface area contributed by atoms with Crippen molar-refractivity contribution in [3.8, 4) is 0 Å². The van der Waals surface area contributed by atoms with Crippen LogP contribution in [0.15, 0.2) is 12.1 Å². The van der Waals surface area contributed by atoms with Gasteiger partial charge in [0.15, 0.2) is 11.6 Å². The predicted octanol–water partition coefficient (Wildman–Crippen LogP) is 3.02. The molecule has 0 aliphatic rings. The van der Waals surface area contributed by atoms with Crippen molar-refractivity contribution in [2.75, 3.05) is 24.3 Å². The van der Waals surface area contributed by atoms with E-state index in [9.17, 15) is 8.78 Å². The molecule has 0 fully saturated rings. The molecule has 3 N–H and O–H groups in total. The summed E-state index contributed by atoms with van der Waals surface area (Å²) in [4.78, 5) is 0. The van der Waals surface area contributed by atoms with Crippen LogP contribution in [0.25, 0.3) is 0 Å². The first-order valence-corrected chi connectivity index (χ1v) is 6.05. The summed E-state index contributed by atoms with van der Waals surface area (Å²) in [6, 6.07) is 2.24. The number of nitrogens with two attached hydrogens (primary N) is 1. The van der Waals surface area contributed by atoms with Gasteiger partial charge in [0.2, 0.25) is 0 Å². The number of nitrogens with one attached hydrogen (secondary N) is 1. The molecular formula is C13H20F2N2O. The molecule has 1 rings (SSSR count). The first-order chi connectivity index (χ1) is 8.47. The van der Waals surface area contributed by atoms with Crippen LogP contribution in [0.3, 0.4) is 0 Å². The summed E-state index contributed by atoms with van der Waals surface area (Å²) in [5, 5.41) is 2.93. The second kappa shape index (κ2) is 6.54. The smallest absolute Gasteiger partial charge is 0.183 e. The lowest BCUT2D eigenvalue weighted by Crippen LogP contribution is -2.31. The topological polar surface area (TPSA) is 47.3 Å². The fourth-order valence-corrected chi connectivity index (χ4v) is 1.54. The standard InChI is InChI=1S/C13H20F2N2O/c1-4-18-7-11(8(2)3)17-13-10(16)6-5-9(14)12(13)15/h5-6,8,11,17H,4,7,16H2,1-3H3. The van der Waals surface area contributed by atoms with Gasteiger partial charge in [-0.3, -0.25) is 0 Å². The van der Waals surface area contributed by atoms with E-state index >= 15 is 0 Å². The van der Waals surface area contributed by atoms with E-state index in [-0.39, 0.29) is 23.3 Å². The average molecular weight is 258 g/mol. The molecule has 1 atom stereocenters. The van der Waals surface area contributed by atoms with E-state index in [4.69, 9.17) is 10.5 Å². The molecule has 0 saturated carbocycles. The molecule has 1 aromatic carbocycles. The summed E-state index contributed by atoms with van der Waals surface area (Å²) in [5.74, 6) is -1.65. The van der Waals surface area contributed by atoms with Gasteiger partial charge in [0.1, 0.15) is 0 Å². The maximum absolute atomic E-state index is 13.7. The lowest BCUT2D eigenvalue weighted by atomic mass is 10.0. The van der Waals surface area contributed by atoms with Gasteiger partial charge in [0.25, 0.3) is 0 Å². The Bertz CT molecular complexity index is 397. The number of hydrogen-bond donors (Lipinski definition) is 2. The third-order valence-electron chi connectivity index (χ3n) is 2.76. The molecule has 0 aromatic heterocycles. The van der Waals surface area contributed by atoms with Gasteiger partial charge in [-0.1, -0.05) is 13.8 Å². The van der Waals surface area contributed by atoms with Crippen LogP contribution >= 0.6 is 0 Å². The van der Waals surface area contributed by atoms with E-state index in [1.54, 1.807) is 0 Å². The molecule has 3 nitrogen and oxygen atoms in total. The molecule has 0 radical (unpaired) electrons. The molecule has 0 saturated heterocycles. The highest BCUT2D eigenvalue weighted by Gasteiger charge is 2.18. The van der Waals surface area contributed by atoms with Crippen LogP contribution < -0.4 is 11.1 Å². The SMILES string of the molecule is CCOCC(Nc1c(N)ccc(F)c1F)C(C)C. The van der Waals surface area contributed by atoms with Gasteiger partial charge in [0.05, 0.1) is 24.0 Å². The molecule has 0 bridgehead atoms. The summed E-state index contributed by atoms with van der Waals surface area (Å²) < 4.78 is 32.1. The molecule has 0 aliphatic heterocycles. The molecule has 1 unspecified atom stereocenters. The number of rotatable bonds is 6. The Morgan fingerprint density at radius 3 is 2.56 bits per heavy atom. The largest absolute Gasteiger partial charge is 0.397 e. The second-order valence-electron chi connectivity index (χ2n) is 4.48. The van der Waals surface area contributed by atoms with Crippen molar-refractivity contribution in [3.05, 3.63) is 23.8 Å². The van der Waals surface area contributed by atoms with Gasteiger partial charge in [-0.05, 0) is 25.0 Å². The van der Waals surface area contributed by atoms with Crippen LogP contribution in [-0.2, 0) is 4.74 Å². The van der Waals surface area contributed by atoms with Gasteiger partial charge in [-0.25, -0.2) is 8.78 Å². The third-order valence-corrected chi connectivity index (χ3v) is 2.76. The van der Waals surface area contributed by atoms with Crippen molar-refractivity contribution < 1.29 is 13.5 Å². The van der Waals surface area contributed by atoms with Crippen molar-refractivity contribution in [2.45, 2.75) is 26.8 Å². The maximum Gasteiger partial charge on any atom is 0.183 e. The fraction of sp³-hybridized carbons (Fsp3) is 0.538. The van der Waals surface area contributed by atoms with E-state index in [0.29, 0.717) is 13.2 Å². The Kier molecular flexibility index (Phi) is 5.34. The maximum atomic E-state index is 13.7. The molecule has 18 heavy (non-hydrogen) atoms. The summed E-state index contributed by atoms with van der Waals surface area (Å²) >= 11 is 0. The van der Waals surface area contributed by atoms with Gasteiger partial charge < -0.3 is 15.8 Å². The lowest BCUT2D eigenvalue weighted by molar-refractivity contribution is 0.126. The van der Waals surface area contributed by atoms with Crippen LogP contribution in [0.2, 0.25) is 0 Å². The Labute approximate surface area is 106 Å². The summed E-state index contributed by atoms with van der Waals surface area (Å²) in [5.41, 5.74) is 5.86. The number of anilines is 2. The quantitative estimate of drug-likeness (QED) is 0.771. The Morgan fingerprint density at radius 2 is 2.00 bits per heavy atom. The van der Waals surface area contributed by atoms with Crippen molar-refractivity contribution >= 4 is 11.4 Å². The zero-order valence-electron chi connectivity index (χ0n) is 11.0. The fourth-order valence-electron chi connectivity index (χ4n) is 1.54. The molecular weight excluding hydrogens is 238 g/mol. The number of nitrogen functional groups attached to an aromatic ring is 1. The number of ether oxygens (including phenoxy) is 1. The Hall–Kier alpha value is -1.36. The van der Waals surface area contributed by atoms with Gasteiger partial charge >= 0.3 is 0 Å². The van der Waals surface area contributed by atoms with Crippen LogP contribution in [0.4, 0.5) is 20.2 Å².